The van der Waals surface area contributed by atoms with Gasteiger partial charge in [0.05, 0.1) is 6.61 Å². The van der Waals surface area contributed by atoms with Crippen molar-refractivity contribution in [3.8, 4) is 0 Å². The Balaban J connectivity index is 1.85. The number of alkyl halides is 3. The fourth-order valence-corrected chi connectivity index (χ4v) is 2.85. The highest BCUT2D eigenvalue weighted by molar-refractivity contribution is 6.07. The molecular formula is C13H20F3N3O3. The van der Waals surface area contributed by atoms with Crippen molar-refractivity contribution in [2.75, 3.05) is 32.8 Å². The predicted octanol–water partition coefficient (Wildman–Crippen LogP) is 0.970. The van der Waals surface area contributed by atoms with E-state index < -0.39 is 24.4 Å². The Kier molecular flexibility index (Phi) is 4.67. The number of amides is 3. The zero-order valence-corrected chi connectivity index (χ0v) is 12.6. The van der Waals surface area contributed by atoms with Crippen LogP contribution in [0.25, 0.3) is 0 Å². The standard InChI is InChI=1S/C13H20F3N3O3/c1-9(2)19-10(20)12(17-11(19)21)3-4-18(7-12)5-6-22-8-13(14,15)16/h9H,3-8H2,1-2H3,(H,17,21)/t12-/m0/s1. The molecule has 22 heavy (non-hydrogen) atoms. The van der Waals surface area contributed by atoms with Crippen LogP contribution in [0.1, 0.15) is 20.3 Å². The molecule has 2 rings (SSSR count). The van der Waals surface area contributed by atoms with Gasteiger partial charge in [-0.2, -0.15) is 13.2 Å². The molecule has 2 fully saturated rings. The molecule has 1 atom stereocenters. The molecule has 0 aromatic carbocycles. The normalized spacial score (nSPS) is 26.5. The number of nitrogens with one attached hydrogen (secondary N) is 1. The van der Waals surface area contributed by atoms with Crippen molar-refractivity contribution in [1.29, 1.82) is 0 Å². The first-order chi connectivity index (χ1) is 10.1. The van der Waals surface area contributed by atoms with Crippen molar-refractivity contribution in [2.24, 2.45) is 0 Å². The first-order valence-corrected chi connectivity index (χ1v) is 7.17. The van der Waals surface area contributed by atoms with Crippen LogP contribution in [0, 0.1) is 0 Å². The zero-order chi connectivity index (χ0) is 16.5. The molecule has 6 nitrogen and oxygen atoms in total. The minimum Gasteiger partial charge on any atom is -0.371 e. The van der Waals surface area contributed by atoms with Crippen LogP contribution in [0.15, 0.2) is 0 Å². The van der Waals surface area contributed by atoms with E-state index in [9.17, 15) is 22.8 Å². The maximum atomic E-state index is 12.4. The first-order valence-electron chi connectivity index (χ1n) is 7.17. The monoisotopic (exact) mass is 323 g/mol. The number of nitrogens with zero attached hydrogens (tertiary/aromatic N) is 2. The molecule has 1 spiro atoms. The Bertz CT molecular complexity index is 456. The third kappa shape index (κ3) is 3.52. The summed E-state index contributed by atoms with van der Waals surface area (Å²) in [5.41, 5.74) is -0.939. The van der Waals surface area contributed by atoms with Gasteiger partial charge in [0.15, 0.2) is 0 Å². The average Bonchev–Trinajstić information content (AvgIpc) is 2.87. The van der Waals surface area contributed by atoms with E-state index in [0.29, 0.717) is 26.1 Å². The highest BCUT2D eigenvalue weighted by Crippen LogP contribution is 2.29. The van der Waals surface area contributed by atoms with Crippen molar-refractivity contribution in [1.82, 2.24) is 15.1 Å². The fraction of sp³-hybridized carbons (Fsp3) is 0.846. The third-order valence-electron chi connectivity index (χ3n) is 3.88. The van der Waals surface area contributed by atoms with Crippen LogP contribution in [0.4, 0.5) is 18.0 Å². The summed E-state index contributed by atoms with van der Waals surface area (Å²) in [6.45, 7) is 3.31. The van der Waals surface area contributed by atoms with Crippen molar-refractivity contribution >= 4 is 11.9 Å². The number of hydrogen-bond donors (Lipinski definition) is 1. The van der Waals surface area contributed by atoms with Gasteiger partial charge in [-0.1, -0.05) is 0 Å². The van der Waals surface area contributed by atoms with Crippen LogP contribution in [0.2, 0.25) is 0 Å². The lowest BCUT2D eigenvalue weighted by molar-refractivity contribution is -0.174. The Hall–Kier alpha value is -1.35. The number of carbonyl (C=O) groups excluding carboxylic acids is 2. The van der Waals surface area contributed by atoms with Crippen LogP contribution in [-0.4, -0.2) is 72.3 Å². The van der Waals surface area contributed by atoms with Crippen molar-refractivity contribution in [2.45, 2.75) is 38.0 Å². The summed E-state index contributed by atoms with van der Waals surface area (Å²) in [5.74, 6) is -0.258. The quantitative estimate of drug-likeness (QED) is 0.605. The van der Waals surface area contributed by atoms with Crippen molar-refractivity contribution < 1.29 is 27.5 Å². The van der Waals surface area contributed by atoms with Gasteiger partial charge in [-0.3, -0.25) is 14.6 Å². The lowest BCUT2D eigenvalue weighted by atomic mass is 9.99. The number of carbonyl (C=O) groups is 2. The highest BCUT2D eigenvalue weighted by atomic mass is 19.4. The van der Waals surface area contributed by atoms with Gasteiger partial charge in [0.2, 0.25) is 0 Å². The summed E-state index contributed by atoms with van der Waals surface area (Å²) >= 11 is 0. The Morgan fingerprint density at radius 3 is 2.59 bits per heavy atom. The number of rotatable bonds is 5. The fourth-order valence-electron chi connectivity index (χ4n) is 2.85. The number of hydrogen-bond acceptors (Lipinski definition) is 4. The molecule has 9 heteroatoms. The molecule has 0 radical (unpaired) electrons. The molecule has 2 heterocycles. The highest BCUT2D eigenvalue weighted by Gasteiger charge is 2.55. The molecule has 0 saturated carbocycles. The van der Waals surface area contributed by atoms with E-state index in [1.54, 1.807) is 13.8 Å². The summed E-state index contributed by atoms with van der Waals surface area (Å²) in [4.78, 5) is 27.3. The topological polar surface area (TPSA) is 61.9 Å². The lowest BCUT2D eigenvalue weighted by Gasteiger charge is -2.23. The number of imide groups is 1. The maximum Gasteiger partial charge on any atom is 0.411 e. The second-order valence-electron chi connectivity index (χ2n) is 5.98. The van der Waals surface area contributed by atoms with E-state index in [2.05, 4.69) is 10.1 Å². The molecule has 0 aromatic rings. The van der Waals surface area contributed by atoms with Crippen molar-refractivity contribution in [3.63, 3.8) is 0 Å². The van der Waals surface area contributed by atoms with E-state index in [1.807, 2.05) is 4.90 Å². The molecule has 2 aliphatic rings. The largest absolute Gasteiger partial charge is 0.411 e. The Morgan fingerprint density at radius 2 is 2.05 bits per heavy atom. The molecule has 126 valence electrons. The predicted molar refractivity (Wildman–Crippen MR) is 71.2 cm³/mol. The van der Waals surface area contributed by atoms with E-state index in [1.165, 1.54) is 4.90 Å². The summed E-state index contributed by atoms with van der Waals surface area (Å²) < 4.78 is 40.5. The number of ether oxygens (including phenoxy) is 1. The number of halogens is 3. The first kappa shape index (κ1) is 17.0. The minimum absolute atomic E-state index is 0.0639. The van der Waals surface area contributed by atoms with Gasteiger partial charge in [0.1, 0.15) is 12.1 Å². The maximum absolute atomic E-state index is 12.4. The number of urea groups is 1. The van der Waals surface area contributed by atoms with Gasteiger partial charge < -0.3 is 10.1 Å². The van der Waals surface area contributed by atoms with E-state index >= 15 is 0 Å². The van der Waals surface area contributed by atoms with E-state index in [-0.39, 0.29) is 18.6 Å². The smallest absolute Gasteiger partial charge is 0.371 e. The average molecular weight is 323 g/mol. The Morgan fingerprint density at radius 1 is 1.36 bits per heavy atom. The van der Waals surface area contributed by atoms with Gasteiger partial charge in [0, 0.05) is 25.7 Å². The van der Waals surface area contributed by atoms with Crippen LogP contribution < -0.4 is 5.32 Å². The number of likely N-dealkylation sites (tertiary alicyclic amines) is 1. The Labute approximate surface area is 126 Å². The van der Waals surface area contributed by atoms with E-state index in [4.69, 9.17) is 0 Å². The molecule has 1 N–H and O–H groups in total. The van der Waals surface area contributed by atoms with Gasteiger partial charge >= 0.3 is 12.2 Å². The SMILES string of the molecule is CC(C)N1C(=O)N[C@]2(CCN(CCOCC(F)(F)F)C2)C1=O. The molecule has 2 aliphatic heterocycles. The summed E-state index contributed by atoms with van der Waals surface area (Å²) in [6.07, 6.45) is -3.88. The lowest BCUT2D eigenvalue weighted by Crippen LogP contribution is -2.49. The van der Waals surface area contributed by atoms with Crippen LogP contribution in [0.5, 0.6) is 0 Å². The summed E-state index contributed by atoms with van der Waals surface area (Å²) in [7, 11) is 0. The van der Waals surface area contributed by atoms with Crippen LogP contribution in [0.3, 0.4) is 0 Å². The molecule has 0 aromatic heterocycles. The van der Waals surface area contributed by atoms with Gasteiger partial charge in [-0.25, -0.2) is 4.79 Å². The molecular weight excluding hydrogens is 303 g/mol. The summed E-state index contributed by atoms with van der Waals surface area (Å²) in [5, 5.41) is 2.73. The van der Waals surface area contributed by atoms with Gasteiger partial charge in [-0.15, -0.1) is 0 Å². The van der Waals surface area contributed by atoms with Crippen LogP contribution in [-0.2, 0) is 9.53 Å². The minimum atomic E-state index is -4.33. The van der Waals surface area contributed by atoms with Gasteiger partial charge in [-0.05, 0) is 20.3 Å². The second-order valence-corrected chi connectivity index (χ2v) is 5.98. The summed E-state index contributed by atoms with van der Waals surface area (Å²) in [6, 6.07) is -0.633. The second kappa shape index (κ2) is 6.04. The van der Waals surface area contributed by atoms with E-state index in [0.717, 1.165) is 0 Å². The van der Waals surface area contributed by atoms with Crippen molar-refractivity contribution in [3.05, 3.63) is 0 Å². The molecule has 2 saturated heterocycles. The molecule has 0 aliphatic carbocycles. The molecule has 0 bridgehead atoms. The third-order valence-corrected chi connectivity index (χ3v) is 3.88. The van der Waals surface area contributed by atoms with Crippen LogP contribution >= 0.6 is 0 Å². The van der Waals surface area contributed by atoms with Gasteiger partial charge in [0.25, 0.3) is 5.91 Å². The molecule has 0 unspecified atom stereocenters. The molecule has 3 amide bonds. The zero-order valence-electron chi connectivity index (χ0n) is 12.6.